The van der Waals surface area contributed by atoms with Crippen LogP contribution in [0, 0.1) is 0 Å². The molecule has 0 spiro atoms. The van der Waals surface area contributed by atoms with Crippen LogP contribution in [-0.2, 0) is 25.7 Å². The first kappa shape index (κ1) is 20.5. The molecule has 3 heteroatoms. The van der Waals surface area contributed by atoms with Crippen LogP contribution in [0.25, 0.3) is 5.41 Å². The van der Waals surface area contributed by atoms with Crippen LogP contribution in [0.2, 0.25) is 0 Å². The molecule has 0 fully saturated rings. The van der Waals surface area contributed by atoms with E-state index in [9.17, 15) is 5.41 Å². The summed E-state index contributed by atoms with van der Waals surface area (Å²) in [6.07, 6.45) is 6.94. The summed E-state index contributed by atoms with van der Waals surface area (Å²) >= 11 is 0. The Labute approximate surface area is 163 Å². The van der Waals surface area contributed by atoms with Crippen molar-refractivity contribution in [1.82, 2.24) is 0 Å². The molecule has 0 aliphatic heterocycles. The zero-order valence-corrected chi connectivity index (χ0v) is 16.8. The molecule has 2 aromatic carbocycles. The molecule has 0 unspecified atom stereocenters. The van der Waals surface area contributed by atoms with E-state index in [1.807, 2.05) is 0 Å². The molecular weight excluding hydrogens is 330 g/mol. The Morgan fingerprint density at radius 2 is 1.07 bits per heavy atom. The molecule has 0 N–H and O–H groups in total. The fourth-order valence-corrected chi connectivity index (χ4v) is 3.12. The number of hydrogen-bond donors (Lipinski definition) is 0. The molecule has 0 aromatic heterocycles. The van der Waals surface area contributed by atoms with Gasteiger partial charge in [0.2, 0.25) is 0 Å². The molecule has 140 valence electrons. The maximum Gasteiger partial charge on any atom is 0.0693 e. The third kappa shape index (κ3) is 5.12. The van der Waals surface area contributed by atoms with Gasteiger partial charge in [0.15, 0.2) is 0 Å². The van der Waals surface area contributed by atoms with E-state index in [1.165, 1.54) is 22.3 Å². The van der Waals surface area contributed by atoms with Gasteiger partial charge in [0.05, 0.1) is 11.4 Å². The van der Waals surface area contributed by atoms with Gasteiger partial charge >= 0.3 is 0 Å². The average Bonchev–Trinajstić information content (AvgIpc) is 2.73. The fraction of sp³-hybridized carbons (Fsp3) is 0.333. The normalized spacial score (nSPS) is 11.3. The zero-order chi connectivity index (χ0) is 19.6. The molecule has 0 amide bonds. The lowest BCUT2D eigenvalue weighted by molar-refractivity contribution is 1.08. The fourth-order valence-electron chi connectivity index (χ4n) is 3.12. The molecule has 0 saturated heterocycles. The van der Waals surface area contributed by atoms with Crippen molar-refractivity contribution in [3.63, 3.8) is 0 Å². The predicted molar refractivity (Wildman–Crippen MR) is 119 cm³/mol. The Morgan fingerprint density at radius 3 is 1.33 bits per heavy atom. The largest absolute Gasteiger partial charge is 0.763 e. The van der Waals surface area contributed by atoms with Gasteiger partial charge in [-0.15, -0.1) is 0 Å². The van der Waals surface area contributed by atoms with Crippen molar-refractivity contribution < 1.29 is 0 Å². The lowest BCUT2D eigenvalue weighted by Crippen LogP contribution is -1.93. The summed E-state index contributed by atoms with van der Waals surface area (Å²) in [6.45, 7) is 8.49. The number of aliphatic imine (C=N–C) groups is 2. The van der Waals surface area contributed by atoms with Crippen LogP contribution in [0.15, 0.2) is 52.0 Å². The summed E-state index contributed by atoms with van der Waals surface area (Å²) in [5, 5.41) is 9.52. The highest BCUT2D eigenvalue weighted by Gasteiger charge is 2.05. The van der Waals surface area contributed by atoms with Gasteiger partial charge in [0.1, 0.15) is 0 Å². The van der Waals surface area contributed by atoms with Crippen molar-refractivity contribution in [3.8, 4) is 0 Å². The van der Waals surface area contributed by atoms with Crippen molar-refractivity contribution in [2.45, 2.75) is 53.4 Å². The monoisotopic (exact) mass is 358 g/mol. The molecule has 3 nitrogen and oxygen atoms in total. The van der Waals surface area contributed by atoms with Crippen LogP contribution in [-0.4, -0.2) is 18.3 Å². The molecule has 27 heavy (non-hydrogen) atoms. The van der Waals surface area contributed by atoms with Gasteiger partial charge in [-0.2, -0.15) is 0 Å². The minimum atomic E-state index is 0.455. The summed E-state index contributed by atoms with van der Waals surface area (Å²) in [7, 11) is 0. The number of allylic oxidation sites excluding steroid dienone is 1. The molecule has 0 heterocycles. The number of hydrogen-bond acceptors (Lipinski definition) is 2. The van der Waals surface area contributed by atoms with Gasteiger partial charge in [-0.05, 0) is 47.9 Å². The molecule has 2 aromatic rings. The van der Waals surface area contributed by atoms with E-state index in [0.717, 1.165) is 37.1 Å². The number of nitrogens with zero attached hydrogens (tertiary/aromatic N) is 3. The van der Waals surface area contributed by atoms with E-state index in [2.05, 4.69) is 79.9 Å². The van der Waals surface area contributed by atoms with E-state index in [1.54, 1.807) is 12.4 Å². The number of benzene rings is 2. The van der Waals surface area contributed by atoms with E-state index >= 15 is 0 Å². The number of para-hydroxylation sites is 2. The van der Waals surface area contributed by atoms with E-state index < -0.39 is 0 Å². The third-order valence-corrected chi connectivity index (χ3v) is 4.72. The summed E-state index contributed by atoms with van der Waals surface area (Å²) in [4.78, 5) is 9.28. The van der Waals surface area contributed by atoms with Crippen molar-refractivity contribution >= 4 is 29.7 Å². The van der Waals surface area contributed by atoms with Crippen molar-refractivity contribution in [1.29, 1.82) is 0 Å². The summed E-state index contributed by atoms with van der Waals surface area (Å²) in [5.74, 6) is 2.21. The van der Waals surface area contributed by atoms with Gasteiger partial charge in [0, 0.05) is 18.0 Å². The lowest BCUT2D eigenvalue weighted by atomic mass is 10.0. The summed E-state index contributed by atoms with van der Waals surface area (Å²) < 4.78 is 0. The van der Waals surface area contributed by atoms with Gasteiger partial charge in [-0.1, -0.05) is 64.1 Å². The van der Waals surface area contributed by atoms with Crippen molar-refractivity contribution in [3.05, 3.63) is 69.6 Å². The Morgan fingerprint density at radius 1 is 0.741 bits per heavy atom. The molecule has 0 bridgehead atoms. The van der Waals surface area contributed by atoms with Crippen LogP contribution < -0.4 is 0 Å². The minimum Gasteiger partial charge on any atom is -0.763 e. The molecule has 0 atom stereocenters. The Kier molecular flexibility index (Phi) is 7.91. The standard InChI is InChI=1S/C24H28N3/c1-5-19-11-9-12-20(6-2)23(19)26-16-18(15-25)17-27-24-21(7-3)13-10-14-22(24)8-4/h9-14,16-17H,5-8H2,1-4H3/q-1. The van der Waals surface area contributed by atoms with Gasteiger partial charge < -0.3 is 5.41 Å². The Bertz CT molecular complexity index is 772. The van der Waals surface area contributed by atoms with Gasteiger partial charge in [0.25, 0.3) is 0 Å². The van der Waals surface area contributed by atoms with Gasteiger partial charge in [-0.3, -0.25) is 15.9 Å². The second-order valence-corrected chi connectivity index (χ2v) is 6.35. The molecule has 0 aliphatic carbocycles. The Hall–Kier alpha value is -2.77. The van der Waals surface area contributed by atoms with Crippen LogP contribution in [0.3, 0.4) is 0 Å². The van der Waals surface area contributed by atoms with Gasteiger partial charge in [-0.25, -0.2) is 0 Å². The molecular formula is C24H28N3-. The van der Waals surface area contributed by atoms with E-state index in [4.69, 9.17) is 0 Å². The highest BCUT2D eigenvalue weighted by Crippen LogP contribution is 2.27. The zero-order valence-electron chi connectivity index (χ0n) is 16.8. The maximum absolute atomic E-state index is 9.52. The third-order valence-electron chi connectivity index (χ3n) is 4.72. The summed E-state index contributed by atoms with van der Waals surface area (Å²) in [6, 6.07) is 12.5. The minimum absolute atomic E-state index is 0.455. The topological polar surface area (TPSA) is 47.0 Å². The SMILES string of the molecule is CCc1cccc(CC)c1N=CC(=C=[N-])C=Nc1c(CC)cccc1CC. The first-order valence-corrected chi connectivity index (χ1v) is 9.75. The maximum atomic E-state index is 9.52. The van der Waals surface area contributed by atoms with Crippen LogP contribution in [0.5, 0.6) is 0 Å². The Balaban J connectivity index is 2.35. The van der Waals surface area contributed by atoms with E-state index in [0.29, 0.717) is 5.57 Å². The van der Waals surface area contributed by atoms with Crippen molar-refractivity contribution in [2.75, 3.05) is 0 Å². The van der Waals surface area contributed by atoms with Crippen LogP contribution >= 0.6 is 0 Å². The molecule has 0 radical (unpaired) electrons. The first-order valence-electron chi connectivity index (χ1n) is 9.75. The van der Waals surface area contributed by atoms with E-state index in [-0.39, 0.29) is 0 Å². The van der Waals surface area contributed by atoms with Crippen LogP contribution in [0.1, 0.15) is 49.9 Å². The smallest absolute Gasteiger partial charge is 0.0693 e. The highest BCUT2D eigenvalue weighted by molar-refractivity contribution is 6.14. The molecule has 2 rings (SSSR count). The first-order chi connectivity index (χ1) is 13.2. The molecule has 0 saturated carbocycles. The average molecular weight is 359 g/mol. The lowest BCUT2D eigenvalue weighted by Gasteiger charge is -2.09. The highest BCUT2D eigenvalue weighted by atomic mass is 14.8. The molecule has 0 aliphatic rings. The quantitative estimate of drug-likeness (QED) is 0.504. The van der Waals surface area contributed by atoms with Crippen molar-refractivity contribution in [2.24, 2.45) is 9.98 Å². The second-order valence-electron chi connectivity index (χ2n) is 6.35. The predicted octanol–water partition coefficient (Wildman–Crippen LogP) is 6.21. The second kappa shape index (κ2) is 10.4. The summed E-state index contributed by atoms with van der Waals surface area (Å²) in [5.41, 5.74) is 7.21. The number of aryl methyl sites for hydroxylation is 4. The number of rotatable bonds is 8. The van der Waals surface area contributed by atoms with Crippen LogP contribution in [0.4, 0.5) is 11.4 Å².